The second kappa shape index (κ2) is 20.1. The van der Waals surface area contributed by atoms with E-state index in [0.717, 1.165) is 12.8 Å². The number of hydrogen-bond donors (Lipinski definition) is 2. The minimum Gasteiger partial charge on any atom is -0.465 e. The number of ether oxygens (including phenoxy) is 1. The van der Waals surface area contributed by atoms with Gasteiger partial charge in [0.2, 0.25) is 0 Å². The number of hydrogen-bond acceptors (Lipinski definition) is 4. The first-order valence-electron chi connectivity index (χ1n) is 10.8. The van der Waals surface area contributed by atoms with Gasteiger partial charge in [-0.05, 0) is 6.42 Å². The Hall–Kier alpha value is -0.220. The third-order valence-corrected chi connectivity index (χ3v) is 5.14. The lowest BCUT2D eigenvalue weighted by atomic mass is 10.0. The first-order chi connectivity index (χ1) is 12.2. The van der Waals surface area contributed by atoms with Gasteiger partial charge in [0.15, 0.2) is 0 Å². The number of carbonyl (C=O) groups excluding carboxylic acids is 1. The van der Waals surface area contributed by atoms with Crippen LogP contribution in [0, 0.1) is 0 Å². The summed E-state index contributed by atoms with van der Waals surface area (Å²) in [6.45, 7) is 2.78. The Kier molecular flexibility index (Phi) is 19.9. The minimum absolute atomic E-state index is 0.323. The van der Waals surface area contributed by atoms with Crippen LogP contribution in [0.2, 0.25) is 0 Å². The number of esters is 1. The summed E-state index contributed by atoms with van der Waals surface area (Å²) in [4.78, 5) is 11.3. The fourth-order valence-corrected chi connectivity index (χ4v) is 3.15. The molecule has 3 nitrogen and oxygen atoms in total. The standard InChI is InChI=1S/C21H43NO2S/c1-2-3-4-5-6-7-8-9-10-11-12-13-14-15-16-17-18-24-21(23)20(22)19-25/h20,25H,2-19,22H2,1H3/t20-/m0/s1. The van der Waals surface area contributed by atoms with Crippen LogP contribution in [0.4, 0.5) is 0 Å². The SMILES string of the molecule is CCCCCCCCCCCCCCCCCCOC(=O)[C@@H](N)CS. The van der Waals surface area contributed by atoms with E-state index in [9.17, 15) is 4.79 Å². The van der Waals surface area contributed by atoms with Crippen molar-refractivity contribution < 1.29 is 9.53 Å². The van der Waals surface area contributed by atoms with Crippen LogP contribution in [0.15, 0.2) is 0 Å². The van der Waals surface area contributed by atoms with Gasteiger partial charge in [0.05, 0.1) is 6.61 Å². The predicted molar refractivity (Wildman–Crippen MR) is 112 cm³/mol. The van der Waals surface area contributed by atoms with E-state index in [1.807, 2.05) is 0 Å². The molecular formula is C21H43NO2S. The van der Waals surface area contributed by atoms with E-state index in [-0.39, 0.29) is 5.97 Å². The topological polar surface area (TPSA) is 52.3 Å². The molecule has 0 aliphatic heterocycles. The first kappa shape index (κ1) is 24.8. The third kappa shape index (κ3) is 18.4. The molecule has 25 heavy (non-hydrogen) atoms. The summed E-state index contributed by atoms with van der Waals surface area (Å²) in [6.07, 6.45) is 21.5. The van der Waals surface area contributed by atoms with Gasteiger partial charge in [-0.15, -0.1) is 0 Å². The van der Waals surface area contributed by atoms with E-state index >= 15 is 0 Å². The lowest BCUT2D eigenvalue weighted by Gasteiger charge is -2.08. The molecule has 0 amide bonds. The molecule has 1 atom stereocenters. The second-order valence-corrected chi connectivity index (χ2v) is 7.63. The van der Waals surface area contributed by atoms with Crippen LogP contribution < -0.4 is 5.73 Å². The quantitative estimate of drug-likeness (QED) is 0.165. The van der Waals surface area contributed by atoms with Crippen molar-refractivity contribution in [2.75, 3.05) is 12.4 Å². The van der Waals surface area contributed by atoms with Crippen LogP contribution >= 0.6 is 12.6 Å². The molecule has 0 bridgehead atoms. The van der Waals surface area contributed by atoms with Crippen molar-refractivity contribution in [3.63, 3.8) is 0 Å². The van der Waals surface area contributed by atoms with Gasteiger partial charge in [0.25, 0.3) is 0 Å². The molecule has 4 heteroatoms. The van der Waals surface area contributed by atoms with Crippen LogP contribution in [0.25, 0.3) is 0 Å². The highest BCUT2D eigenvalue weighted by Gasteiger charge is 2.11. The summed E-state index contributed by atoms with van der Waals surface area (Å²) in [6, 6.07) is -0.579. The lowest BCUT2D eigenvalue weighted by Crippen LogP contribution is -2.34. The van der Waals surface area contributed by atoms with E-state index in [1.165, 1.54) is 89.9 Å². The van der Waals surface area contributed by atoms with E-state index in [0.29, 0.717) is 12.4 Å². The van der Waals surface area contributed by atoms with Crippen molar-refractivity contribution in [3.8, 4) is 0 Å². The number of unbranched alkanes of at least 4 members (excludes halogenated alkanes) is 15. The Morgan fingerprint density at radius 3 is 1.48 bits per heavy atom. The summed E-state index contributed by atoms with van der Waals surface area (Å²) in [5.41, 5.74) is 5.54. The fraction of sp³-hybridized carbons (Fsp3) is 0.952. The van der Waals surface area contributed by atoms with Crippen LogP contribution in [-0.2, 0) is 9.53 Å². The van der Waals surface area contributed by atoms with Gasteiger partial charge in [0, 0.05) is 5.75 Å². The molecule has 0 spiro atoms. The van der Waals surface area contributed by atoms with Crippen LogP contribution in [0.1, 0.15) is 110 Å². The number of thiol groups is 1. The number of nitrogens with two attached hydrogens (primary N) is 1. The molecule has 0 aliphatic carbocycles. The largest absolute Gasteiger partial charge is 0.465 e. The van der Waals surface area contributed by atoms with Crippen LogP contribution in [-0.4, -0.2) is 24.4 Å². The molecule has 0 heterocycles. The number of rotatable bonds is 19. The van der Waals surface area contributed by atoms with Crippen molar-refractivity contribution in [1.82, 2.24) is 0 Å². The third-order valence-electron chi connectivity index (χ3n) is 4.74. The van der Waals surface area contributed by atoms with Gasteiger partial charge < -0.3 is 10.5 Å². The summed E-state index contributed by atoms with van der Waals surface area (Å²) >= 11 is 3.99. The van der Waals surface area contributed by atoms with Crippen LogP contribution in [0.3, 0.4) is 0 Å². The van der Waals surface area contributed by atoms with E-state index < -0.39 is 6.04 Å². The smallest absolute Gasteiger partial charge is 0.323 e. The zero-order chi connectivity index (χ0) is 18.6. The zero-order valence-electron chi connectivity index (χ0n) is 16.6. The average molecular weight is 374 g/mol. The maximum Gasteiger partial charge on any atom is 0.323 e. The average Bonchev–Trinajstić information content (AvgIpc) is 2.63. The molecular weight excluding hydrogens is 330 g/mol. The molecule has 0 rings (SSSR count). The molecule has 150 valence electrons. The molecule has 0 aromatic heterocycles. The molecule has 0 aromatic carbocycles. The van der Waals surface area contributed by atoms with E-state index in [2.05, 4.69) is 19.6 Å². The summed E-state index contributed by atoms with van der Waals surface area (Å²) in [5, 5.41) is 0. The first-order valence-corrected chi connectivity index (χ1v) is 11.4. The minimum atomic E-state index is -0.579. The maximum absolute atomic E-state index is 11.3. The Morgan fingerprint density at radius 1 is 0.760 bits per heavy atom. The molecule has 0 unspecified atom stereocenters. The second-order valence-electron chi connectivity index (χ2n) is 7.26. The Labute approximate surface area is 162 Å². The number of carbonyl (C=O) groups is 1. The van der Waals surface area contributed by atoms with Crippen molar-refractivity contribution in [1.29, 1.82) is 0 Å². The lowest BCUT2D eigenvalue weighted by molar-refractivity contribution is -0.144. The molecule has 0 saturated heterocycles. The van der Waals surface area contributed by atoms with Crippen LogP contribution in [0.5, 0.6) is 0 Å². The van der Waals surface area contributed by atoms with Gasteiger partial charge in [0.1, 0.15) is 6.04 Å². The molecule has 0 aromatic rings. The highest BCUT2D eigenvalue weighted by molar-refractivity contribution is 7.80. The maximum atomic E-state index is 11.3. The highest BCUT2D eigenvalue weighted by atomic mass is 32.1. The Balaban J connectivity index is 3.08. The van der Waals surface area contributed by atoms with Crippen molar-refractivity contribution in [2.24, 2.45) is 5.73 Å². The van der Waals surface area contributed by atoms with Gasteiger partial charge in [-0.1, -0.05) is 103 Å². The van der Waals surface area contributed by atoms with Crippen molar-refractivity contribution in [2.45, 2.75) is 116 Å². The predicted octanol–water partition coefficient (Wildman–Crippen LogP) is 6.05. The van der Waals surface area contributed by atoms with Gasteiger partial charge in [-0.3, -0.25) is 4.79 Å². The summed E-state index contributed by atoms with van der Waals surface area (Å²) in [5.74, 6) is 0.0218. The molecule has 0 saturated carbocycles. The van der Waals surface area contributed by atoms with E-state index in [1.54, 1.807) is 0 Å². The van der Waals surface area contributed by atoms with Crippen molar-refractivity contribution >= 4 is 18.6 Å². The van der Waals surface area contributed by atoms with Crippen molar-refractivity contribution in [3.05, 3.63) is 0 Å². The fourth-order valence-electron chi connectivity index (χ4n) is 3.00. The summed E-state index contributed by atoms with van der Waals surface area (Å²) in [7, 11) is 0. The normalized spacial score (nSPS) is 12.3. The van der Waals surface area contributed by atoms with E-state index in [4.69, 9.17) is 10.5 Å². The molecule has 0 aliphatic rings. The monoisotopic (exact) mass is 373 g/mol. The Morgan fingerprint density at radius 2 is 1.12 bits per heavy atom. The zero-order valence-corrected chi connectivity index (χ0v) is 17.5. The van der Waals surface area contributed by atoms with Gasteiger partial charge >= 0.3 is 5.97 Å². The molecule has 0 fully saturated rings. The Bertz CT molecular complexity index is 287. The molecule has 2 N–H and O–H groups in total. The van der Waals surface area contributed by atoms with Gasteiger partial charge in [-0.2, -0.15) is 12.6 Å². The summed E-state index contributed by atoms with van der Waals surface area (Å²) < 4.78 is 5.10. The van der Waals surface area contributed by atoms with Gasteiger partial charge in [-0.25, -0.2) is 0 Å². The molecule has 0 radical (unpaired) electrons. The highest BCUT2D eigenvalue weighted by Crippen LogP contribution is 2.13.